The van der Waals surface area contributed by atoms with E-state index in [0.29, 0.717) is 18.5 Å². The zero-order valence-corrected chi connectivity index (χ0v) is 26.9. The van der Waals surface area contributed by atoms with E-state index in [1.54, 1.807) is 0 Å². The molecule has 0 fully saturated rings. The monoisotopic (exact) mass is 647 g/mol. The first-order chi connectivity index (χ1) is 21.2. The van der Waals surface area contributed by atoms with Crippen LogP contribution in [0.4, 0.5) is 0 Å². The number of esters is 2. The molecular weight excluding hydrogens is 614 g/mol. The van der Waals surface area contributed by atoms with Crippen LogP contribution in [0.5, 0.6) is 0 Å². The van der Waals surface area contributed by atoms with Crippen LogP contribution in [-0.4, -0.2) is 35.6 Å². The molecule has 2 aliphatic heterocycles. The van der Waals surface area contributed by atoms with Crippen LogP contribution < -0.4 is 0 Å². The lowest BCUT2D eigenvalue weighted by molar-refractivity contribution is -0.147. The quantitative estimate of drug-likeness (QED) is 0.208. The standard InChI is InChI=1S/C38H34BrNO4/c1-23(2)43-35(41)33-34(36(42)44-24(3)4)40-22-21-25-13-5-8-16-28(25)38(40,31-19-11-12-20-32(31)39)37(33)29-17-9-6-14-26(29)27-15-7-10-18-30(27)37/h5-20,23-24H,21-22H2,1-4H3. The number of hydrogen-bond donors (Lipinski definition) is 0. The number of nitrogens with zero attached hydrogens (tertiary/aromatic N) is 1. The van der Waals surface area contributed by atoms with Gasteiger partial charge in [-0.1, -0.05) is 107 Å². The first kappa shape index (κ1) is 28.6. The molecule has 0 amide bonds. The molecule has 2 heterocycles. The Kier molecular flexibility index (Phi) is 6.81. The molecule has 3 aliphatic rings. The average molecular weight is 649 g/mol. The van der Waals surface area contributed by atoms with Crippen molar-refractivity contribution in [3.63, 3.8) is 0 Å². The maximum absolute atomic E-state index is 14.8. The number of halogens is 1. The molecule has 0 N–H and O–H groups in total. The lowest BCUT2D eigenvalue weighted by Gasteiger charge is -2.55. The molecule has 7 rings (SSSR count). The zero-order chi connectivity index (χ0) is 30.8. The number of hydrogen-bond acceptors (Lipinski definition) is 5. The van der Waals surface area contributed by atoms with Gasteiger partial charge in [-0.15, -0.1) is 0 Å². The van der Waals surface area contributed by atoms with Crippen molar-refractivity contribution in [2.24, 2.45) is 0 Å². The summed E-state index contributed by atoms with van der Waals surface area (Å²) in [6.45, 7) is 7.86. The summed E-state index contributed by atoms with van der Waals surface area (Å²) < 4.78 is 13.0. The van der Waals surface area contributed by atoms with Crippen LogP contribution in [0.25, 0.3) is 11.1 Å². The molecule has 5 nitrogen and oxygen atoms in total. The SMILES string of the molecule is CC(C)OC(=O)C1=C(C(=O)OC(C)C)C2(c3ccccc3-c3ccccc32)C2(c3ccccc3Br)c3ccccc3CCN12. The number of carbonyl (C=O) groups is 2. The van der Waals surface area contributed by atoms with Crippen LogP contribution >= 0.6 is 15.9 Å². The fourth-order valence-corrected chi connectivity index (χ4v) is 8.53. The highest BCUT2D eigenvalue weighted by molar-refractivity contribution is 9.10. The van der Waals surface area contributed by atoms with E-state index in [9.17, 15) is 9.59 Å². The smallest absolute Gasteiger partial charge is 0.355 e. The molecular formula is C38H34BrNO4. The minimum absolute atomic E-state index is 0.265. The molecule has 1 atom stereocenters. The Bertz CT molecular complexity index is 1810. The van der Waals surface area contributed by atoms with Crippen molar-refractivity contribution in [3.05, 3.63) is 141 Å². The number of carbonyl (C=O) groups excluding carboxylic acids is 2. The molecule has 0 saturated heterocycles. The molecule has 222 valence electrons. The zero-order valence-electron chi connectivity index (χ0n) is 25.3. The Morgan fingerprint density at radius 1 is 0.682 bits per heavy atom. The van der Waals surface area contributed by atoms with Crippen LogP contribution in [0.15, 0.2) is 113 Å². The van der Waals surface area contributed by atoms with Crippen LogP contribution in [0.2, 0.25) is 0 Å². The Hall–Kier alpha value is -4.16. The predicted molar refractivity (Wildman–Crippen MR) is 174 cm³/mol. The van der Waals surface area contributed by atoms with E-state index < -0.39 is 29.0 Å². The van der Waals surface area contributed by atoms with E-state index in [2.05, 4.69) is 75.4 Å². The molecule has 1 aliphatic carbocycles. The second-order valence-electron chi connectivity index (χ2n) is 12.2. The third-order valence-corrected chi connectivity index (χ3v) is 9.83. The lowest BCUT2D eigenvalue weighted by Crippen LogP contribution is -2.59. The molecule has 0 saturated carbocycles. The Morgan fingerprint density at radius 3 is 1.77 bits per heavy atom. The molecule has 1 spiro atoms. The molecule has 0 aromatic heterocycles. The number of ether oxygens (including phenoxy) is 2. The van der Waals surface area contributed by atoms with Gasteiger partial charge in [-0.3, -0.25) is 0 Å². The van der Waals surface area contributed by atoms with E-state index >= 15 is 0 Å². The van der Waals surface area contributed by atoms with Gasteiger partial charge < -0.3 is 14.4 Å². The Balaban J connectivity index is 1.76. The molecule has 6 heteroatoms. The van der Waals surface area contributed by atoms with Crippen LogP contribution in [0.3, 0.4) is 0 Å². The van der Waals surface area contributed by atoms with Gasteiger partial charge in [0, 0.05) is 11.0 Å². The maximum atomic E-state index is 14.8. The fourth-order valence-electron chi connectivity index (χ4n) is 7.96. The van der Waals surface area contributed by atoms with E-state index in [1.807, 2.05) is 70.2 Å². The minimum Gasteiger partial charge on any atom is -0.460 e. The first-order valence-corrected chi connectivity index (χ1v) is 16.0. The number of rotatable bonds is 5. The van der Waals surface area contributed by atoms with Gasteiger partial charge in [0.15, 0.2) is 0 Å². The van der Waals surface area contributed by atoms with Crippen molar-refractivity contribution >= 4 is 27.9 Å². The largest absolute Gasteiger partial charge is 0.460 e. The fraction of sp³-hybridized carbons (Fsp3) is 0.263. The molecule has 0 radical (unpaired) electrons. The lowest BCUT2D eigenvalue weighted by atomic mass is 9.54. The average Bonchev–Trinajstić information content (AvgIpc) is 3.46. The maximum Gasteiger partial charge on any atom is 0.355 e. The topological polar surface area (TPSA) is 55.8 Å². The second-order valence-corrected chi connectivity index (χ2v) is 13.1. The van der Waals surface area contributed by atoms with E-state index in [0.717, 1.165) is 37.9 Å². The van der Waals surface area contributed by atoms with Gasteiger partial charge in [-0.25, -0.2) is 9.59 Å². The second kappa shape index (κ2) is 10.5. The predicted octanol–water partition coefficient (Wildman–Crippen LogP) is 7.69. The van der Waals surface area contributed by atoms with Gasteiger partial charge >= 0.3 is 11.9 Å². The van der Waals surface area contributed by atoms with Gasteiger partial charge in [0.25, 0.3) is 0 Å². The number of fused-ring (bicyclic) bond motifs is 9. The van der Waals surface area contributed by atoms with Gasteiger partial charge in [-0.2, -0.15) is 0 Å². The van der Waals surface area contributed by atoms with Gasteiger partial charge in [0.2, 0.25) is 0 Å². The van der Waals surface area contributed by atoms with Crippen molar-refractivity contribution in [1.82, 2.24) is 4.90 Å². The highest BCUT2D eigenvalue weighted by Crippen LogP contribution is 2.70. The summed E-state index contributed by atoms with van der Waals surface area (Å²) in [6.07, 6.45) is -0.0789. The summed E-state index contributed by atoms with van der Waals surface area (Å²) in [4.78, 5) is 31.5. The normalized spacial score (nSPS) is 19.1. The summed E-state index contributed by atoms with van der Waals surface area (Å²) in [7, 11) is 0. The van der Waals surface area contributed by atoms with Crippen molar-refractivity contribution in [2.45, 2.75) is 57.3 Å². The Labute approximate surface area is 266 Å². The number of benzene rings is 4. The molecule has 1 unspecified atom stereocenters. The van der Waals surface area contributed by atoms with Gasteiger partial charge in [-0.05, 0) is 79.1 Å². The van der Waals surface area contributed by atoms with Gasteiger partial charge in [0.1, 0.15) is 11.2 Å². The highest BCUT2D eigenvalue weighted by atomic mass is 79.9. The van der Waals surface area contributed by atoms with Crippen molar-refractivity contribution < 1.29 is 19.1 Å². The van der Waals surface area contributed by atoms with Gasteiger partial charge in [0.05, 0.1) is 23.2 Å². The van der Waals surface area contributed by atoms with Crippen molar-refractivity contribution in [1.29, 1.82) is 0 Å². The van der Waals surface area contributed by atoms with Crippen LogP contribution in [-0.2, 0) is 36.4 Å². The Morgan fingerprint density at radius 2 is 1.18 bits per heavy atom. The van der Waals surface area contributed by atoms with E-state index in [-0.39, 0.29) is 11.8 Å². The third-order valence-electron chi connectivity index (χ3n) is 9.14. The summed E-state index contributed by atoms with van der Waals surface area (Å²) in [5.74, 6) is -1.04. The summed E-state index contributed by atoms with van der Waals surface area (Å²) in [6, 6.07) is 33.2. The van der Waals surface area contributed by atoms with E-state index in [1.165, 1.54) is 5.56 Å². The van der Waals surface area contributed by atoms with Crippen molar-refractivity contribution in [2.75, 3.05) is 6.54 Å². The summed E-state index contributed by atoms with van der Waals surface area (Å²) >= 11 is 3.94. The highest BCUT2D eigenvalue weighted by Gasteiger charge is 2.73. The first-order valence-electron chi connectivity index (χ1n) is 15.2. The van der Waals surface area contributed by atoms with Crippen molar-refractivity contribution in [3.8, 4) is 11.1 Å². The molecule has 0 bridgehead atoms. The van der Waals surface area contributed by atoms with Crippen LogP contribution in [0, 0.1) is 0 Å². The minimum atomic E-state index is -1.15. The molecule has 4 aromatic carbocycles. The summed E-state index contributed by atoms with van der Waals surface area (Å²) in [5.41, 5.74) is 5.56. The molecule has 4 aromatic rings. The van der Waals surface area contributed by atoms with Crippen LogP contribution in [0.1, 0.15) is 55.5 Å². The third kappa shape index (κ3) is 3.70. The molecule has 44 heavy (non-hydrogen) atoms. The van der Waals surface area contributed by atoms with E-state index in [4.69, 9.17) is 9.47 Å². The summed E-state index contributed by atoms with van der Waals surface area (Å²) in [5, 5.41) is 0.